The third kappa shape index (κ3) is 4.49. The average Bonchev–Trinajstić information content (AvgIpc) is 2.96. The molecule has 3 atom stereocenters. The van der Waals surface area contributed by atoms with Crippen LogP contribution in [0.15, 0.2) is 48.5 Å². The normalized spacial score (nSPS) is 23.1. The largest absolute Gasteiger partial charge is 0.496 e. The van der Waals surface area contributed by atoms with Crippen LogP contribution in [0, 0.1) is 0 Å². The predicted octanol–water partition coefficient (Wildman–Crippen LogP) is 3.58. The van der Waals surface area contributed by atoms with E-state index in [0.29, 0.717) is 29.1 Å². The molecule has 2 aromatic carbocycles. The number of benzene rings is 2. The molecule has 2 fully saturated rings. The summed E-state index contributed by atoms with van der Waals surface area (Å²) < 4.78 is 5.40. The molecule has 6 heteroatoms. The molecule has 30 heavy (non-hydrogen) atoms. The summed E-state index contributed by atoms with van der Waals surface area (Å²) in [5.41, 5.74) is 2.45. The number of methoxy groups -OCH3 is 1. The van der Waals surface area contributed by atoms with Crippen molar-refractivity contribution in [3.05, 3.63) is 59.7 Å². The third-order valence-corrected chi connectivity index (χ3v) is 6.19. The molecule has 2 saturated heterocycles. The van der Waals surface area contributed by atoms with Gasteiger partial charge in [-0.2, -0.15) is 0 Å². The first-order chi connectivity index (χ1) is 14.5. The number of anilines is 1. The van der Waals surface area contributed by atoms with Crippen LogP contribution in [-0.4, -0.2) is 41.9 Å². The standard InChI is InChI=1S/C24H29N3O3/c1-16(28)25-18-8-11-22(23(14-18)30-2)24(29)26-19-12-20-9-10-21(13-19)27(20)15-17-6-4-3-5-7-17/h3-8,11,14,19-21H,9-10,12-13,15H2,1-2H3,(H,25,28)(H,26,29)/t19?,20-,21+. The van der Waals surface area contributed by atoms with E-state index in [2.05, 4.69) is 45.9 Å². The van der Waals surface area contributed by atoms with Gasteiger partial charge < -0.3 is 15.4 Å². The summed E-state index contributed by atoms with van der Waals surface area (Å²) in [5, 5.41) is 5.94. The number of ether oxygens (including phenoxy) is 1. The van der Waals surface area contributed by atoms with Crippen molar-refractivity contribution in [2.75, 3.05) is 12.4 Å². The lowest BCUT2D eigenvalue weighted by molar-refractivity contribution is -0.114. The Labute approximate surface area is 177 Å². The van der Waals surface area contributed by atoms with Gasteiger partial charge in [-0.1, -0.05) is 30.3 Å². The molecule has 2 bridgehead atoms. The Morgan fingerprint density at radius 3 is 2.40 bits per heavy atom. The highest BCUT2D eigenvalue weighted by molar-refractivity contribution is 5.98. The second-order valence-electron chi connectivity index (χ2n) is 8.28. The van der Waals surface area contributed by atoms with Crippen LogP contribution in [0.1, 0.15) is 48.5 Å². The molecule has 0 spiro atoms. The summed E-state index contributed by atoms with van der Waals surface area (Å²) >= 11 is 0. The highest BCUT2D eigenvalue weighted by Crippen LogP contribution is 2.37. The van der Waals surface area contributed by atoms with Crippen LogP contribution in [0.5, 0.6) is 5.75 Å². The van der Waals surface area contributed by atoms with Crippen LogP contribution in [0.2, 0.25) is 0 Å². The molecule has 0 saturated carbocycles. The maximum Gasteiger partial charge on any atom is 0.255 e. The van der Waals surface area contributed by atoms with Crippen molar-refractivity contribution in [3.8, 4) is 5.75 Å². The molecular weight excluding hydrogens is 378 g/mol. The molecule has 0 aliphatic carbocycles. The minimum absolute atomic E-state index is 0.123. The number of nitrogens with one attached hydrogen (secondary N) is 2. The molecule has 2 amide bonds. The Hall–Kier alpha value is -2.86. The van der Waals surface area contributed by atoms with E-state index < -0.39 is 0 Å². The van der Waals surface area contributed by atoms with Crippen LogP contribution in [0.25, 0.3) is 0 Å². The van der Waals surface area contributed by atoms with E-state index in [1.165, 1.54) is 32.4 Å². The van der Waals surface area contributed by atoms with Crippen LogP contribution in [-0.2, 0) is 11.3 Å². The van der Waals surface area contributed by atoms with Crippen LogP contribution in [0.4, 0.5) is 5.69 Å². The van der Waals surface area contributed by atoms with E-state index in [0.717, 1.165) is 19.4 Å². The number of hydrogen-bond donors (Lipinski definition) is 2. The van der Waals surface area contributed by atoms with Gasteiger partial charge in [0.15, 0.2) is 0 Å². The second kappa shape index (κ2) is 8.88. The lowest BCUT2D eigenvalue weighted by Gasteiger charge is -2.39. The van der Waals surface area contributed by atoms with Gasteiger partial charge in [-0.3, -0.25) is 14.5 Å². The number of carbonyl (C=O) groups is 2. The molecular formula is C24H29N3O3. The van der Waals surface area contributed by atoms with Gasteiger partial charge in [0.2, 0.25) is 5.91 Å². The molecule has 158 valence electrons. The van der Waals surface area contributed by atoms with Crippen LogP contribution in [0.3, 0.4) is 0 Å². The van der Waals surface area contributed by atoms with Gasteiger partial charge in [0.1, 0.15) is 5.75 Å². The lowest BCUT2D eigenvalue weighted by atomic mass is 9.96. The number of piperidine rings is 1. The first kappa shape index (κ1) is 20.4. The first-order valence-electron chi connectivity index (χ1n) is 10.6. The van der Waals surface area contributed by atoms with Crippen molar-refractivity contribution in [2.45, 2.75) is 57.3 Å². The second-order valence-corrected chi connectivity index (χ2v) is 8.28. The maximum atomic E-state index is 12.9. The summed E-state index contributed by atoms with van der Waals surface area (Å²) in [6.45, 7) is 2.43. The predicted molar refractivity (Wildman–Crippen MR) is 117 cm³/mol. The minimum atomic E-state index is -0.160. The molecule has 0 radical (unpaired) electrons. The van der Waals surface area contributed by atoms with Crippen LogP contribution < -0.4 is 15.4 Å². The van der Waals surface area contributed by atoms with E-state index in [9.17, 15) is 9.59 Å². The number of rotatable bonds is 6. The van der Waals surface area contributed by atoms with Gasteiger partial charge in [-0.15, -0.1) is 0 Å². The monoisotopic (exact) mass is 407 g/mol. The number of nitrogens with zero attached hydrogens (tertiary/aromatic N) is 1. The summed E-state index contributed by atoms with van der Waals surface area (Å²) in [4.78, 5) is 26.8. The fourth-order valence-corrected chi connectivity index (χ4v) is 4.87. The van der Waals surface area contributed by atoms with E-state index in [-0.39, 0.29) is 17.9 Å². The van der Waals surface area contributed by atoms with Crippen molar-refractivity contribution >= 4 is 17.5 Å². The zero-order valence-corrected chi connectivity index (χ0v) is 17.6. The molecule has 2 heterocycles. The van der Waals surface area contributed by atoms with Gasteiger partial charge in [0.25, 0.3) is 5.91 Å². The van der Waals surface area contributed by atoms with Crippen molar-refractivity contribution in [1.29, 1.82) is 0 Å². The number of fused-ring (bicyclic) bond motifs is 2. The molecule has 6 nitrogen and oxygen atoms in total. The number of hydrogen-bond acceptors (Lipinski definition) is 4. The SMILES string of the molecule is COc1cc(NC(C)=O)ccc1C(=O)NC1C[C@H]2CC[C@@H](C1)N2Cc1ccccc1. The number of amides is 2. The van der Waals surface area contributed by atoms with Crippen molar-refractivity contribution < 1.29 is 14.3 Å². The van der Waals surface area contributed by atoms with Gasteiger partial charge >= 0.3 is 0 Å². The zero-order valence-electron chi connectivity index (χ0n) is 17.6. The summed E-state index contributed by atoms with van der Waals surface area (Å²) in [7, 11) is 1.53. The summed E-state index contributed by atoms with van der Waals surface area (Å²) in [5.74, 6) is 0.178. The fraction of sp³-hybridized carbons (Fsp3) is 0.417. The minimum Gasteiger partial charge on any atom is -0.496 e. The van der Waals surface area contributed by atoms with Gasteiger partial charge in [0, 0.05) is 43.3 Å². The Balaban J connectivity index is 1.40. The topological polar surface area (TPSA) is 70.7 Å². The molecule has 4 rings (SSSR count). The maximum absolute atomic E-state index is 12.9. The van der Waals surface area contributed by atoms with Crippen molar-refractivity contribution in [2.24, 2.45) is 0 Å². The van der Waals surface area contributed by atoms with E-state index in [1.54, 1.807) is 18.2 Å². The summed E-state index contributed by atoms with van der Waals surface area (Å²) in [6, 6.07) is 16.9. The lowest BCUT2D eigenvalue weighted by Crippen LogP contribution is -2.50. The highest BCUT2D eigenvalue weighted by Gasteiger charge is 2.41. The molecule has 2 aromatic rings. The van der Waals surface area contributed by atoms with Crippen molar-refractivity contribution in [3.63, 3.8) is 0 Å². The van der Waals surface area contributed by atoms with Gasteiger partial charge in [0.05, 0.1) is 12.7 Å². The molecule has 2 aliphatic heterocycles. The Morgan fingerprint density at radius 2 is 1.77 bits per heavy atom. The zero-order chi connectivity index (χ0) is 21.1. The summed E-state index contributed by atoms with van der Waals surface area (Å²) in [6.07, 6.45) is 4.33. The Kier molecular flexibility index (Phi) is 6.04. The molecule has 1 unspecified atom stereocenters. The van der Waals surface area contributed by atoms with E-state index in [1.807, 2.05) is 0 Å². The first-order valence-corrected chi connectivity index (χ1v) is 10.6. The number of carbonyl (C=O) groups excluding carboxylic acids is 2. The van der Waals surface area contributed by atoms with E-state index in [4.69, 9.17) is 4.74 Å². The molecule has 2 N–H and O–H groups in total. The average molecular weight is 408 g/mol. The Bertz CT molecular complexity index is 901. The van der Waals surface area contributed by atoms with Crippen molar-refractivity contribution in [1.82, 2.24) is 10.2 Å². The van der Waals surface area contributed by atoms with E-state index >= 15 is 0 Å². The van der Waals surface area contributed by atoms with Gasteiger partial charge in [-0.05, 0) is 43.4 Å². The molecule has 2 aliphatic rings. The fourth-order valence-electron chi connectivity index (χ4n) is 4.87. The smallest absolute Gasteiger partial charge is 0.255 e. The van der Waals surface area contributed by atoms with Crippen LogP contribution >= 0.6 is 0 Å². The molecule has 0 aromatic heterocycles. The quantitative estimate of drug-likeness (QED) is 0.768. The van der Waals surface area contributed by atoms with Gasteiger partial charge in [-0.25, -0.2) is 0 Å². The Morgan fingerprint density at radius 1 is 1.07 bits per heavy atom. The highest BCUT2D eigenvalue weighted by atomic mass is 16.5. The third-order valence-electron chi connectivity index (χ3n) is 6.19.